The maximum atomic E-state index is 11.1. The number of carbonyl (C=O) groups excluding carboxylic acids is 1. The van der Waals surface area contributed by atoms with Gasteiger partial charge in [-0.05, 0) is 26.3 Å². The molecule has 14 heavy (non-hydrogen) atoms. The van der Waals surface area contributed by atoms with Crippen LogP contribution in [0.5, 0.6) is 0 Å². The number of allylic oxidation sites excluding steroid dienone is 1. The highest BCUT2D eigenvalue weighted by Gasteiger charge is 2.00. The van der Waals surface area contributed by atoms with E-state index in [-0.39, 0.29) is 5.97 Å². The lowest BCUT2D eigenvalue weighted by atomic mass is 10.4. The number of aryl methyl sites for hydroxylation is 1. The summed E-state index contributed by atoms with van der Waals surface area (Å²) in [6.07, 6.45) is 5.02. The van der Waals surface area contributed by atoms with Gasteiger partial charge in [0.2, 0.25) is 0 Å². The molecule has 0 N–H and O–H groups in total. The van der Waals surface area contributed by atoms with Crippen LogP contribution in [0.1, 0.15) is 19.4 Å². The van der Waals surface area contributed by atoms with Crippen LogP contribution in [0.15, 0.2) is 18.5 Å². The van der Waals surface area contributed by atoms with Gasteiger partial charge in [-0.2, -0.15) is 5.10 Å². The zero-order valence-corrected chi connectivity index (χ0v) is 8.65. The maximum Gasteiger partial charge on any atom is 0.332 e. The largest absolute Gasteiger partial charge is 0.463 e. The van der Waals surface area contributed by atoms with E-state index in [0.29, 0.717) is 6.61 Å². The first kappa shape index (κ1) is 10.5. The van der Waals surface area contributed by atoms with Crippen LogP contribution < -0.4 is 0 Å². The second-order valence-electron chi connectivity index (χ2n) is 3.00. The molecule has 4 heteroatoms. The van der Waals surface area contributed by atoms with Gasteiger partial charge in [-0.3, -0.25) is 0 Å². The van der Waals surface area contributed by atoms with Crippen LogP contribution in [0, 0.1) is 6.92 Å². The zero-order valence-electron chi connectivity index (χ0n) is 8.65. The van der Waals surface area contributed by atoms with E-state index in [1.54, 1.807) is 17.8 Å². The number of rotatable bonds is 3. The summed E-state index contributed by atoms with van der Waals surface area (Å²) >= 11 is 0. The topological polar surface area (TPSA) is 44.1 Å². The van der Waals surface area contributed by atoms with Crippen LogP contribution in [0.25, 0.3) is 5.70 Å². The molecule has 1 aromatic heterocycles. The van der Waals surface area contributed by atoms with Crippen LogP contribution >= 0.6 is 0 Å². The number of hydrogen-bond donors (Lipinski definition) is 0. The standard InChI is InChI=1S/C10H14N2O2/c1-4-14-10(13)5-9(3)12-7-8(2)6-11-12/h5-7H,4H2,1-3H3/b9-5-. The summed E-state index contributed by atoms with van der Waals surface area (Å²) in [5.74, 6) is -0.335. The molecule has 0 aliphatic heterocycles. The van der Waals surface area contributed by atoms with Crippen molar-refractivity contribution in [3.8, 4) is 0 Å². The first-order valence-electron chi connectivity index (χ1n) is 4.50. The summed E-state index contributed by atoms with van der Waals surface area (Å²) in [6.45, 7) is 5.92. The number of nitrogens with zero attached hydrogens (tertiary/aromatic N) is 2. The van der Waals surface area contributed by atoms with E-state index >= 15 is 0 Å². The smallest absolute Gasteiger partial charge is 0.332 e. The molecule has 0 aliphatic rings. The molecule has 0 unspecified atom stereocenters. The molecular weight excluding hydrogens is 180 g/mol. The molecule has 1 rings (SSSR count). The van der Waals surface area contributed by atoms with Gasteiger partial charge in [0.1, 0.15) is 0 Å². The van der Waals surface area contributed by atoms with Gasteiger partial charge >= 0.3 is 5.97 Å². The van der Waals surface area contributed by atoms with E-state index in [4.69, 9.17) is 4.74 Å². The Morgan fingerprint density at radius 1 is 1.71 bits per heavy atom. The molecule has 0 saturated heterocycles. The summed E-state index contributed by atoms with van der Waals surface area (Å²) in [6, 6.07) is 0. The van der Waals surface area contributed by atoms with Gasteiger partial charge < -0.3 is 4.74 Å². The predicted octanol–water partition coefficient (Wildman–Crippen LogP) is 1.62. The molecule has 76 valence electrons. The van der Waals surface area contributed by atoms with Crippen LogP contribution in [0.3, 0.4) is 0 Å². The summed E-state index contributed by atoms with van der Waals surface area (Å²) in [5.41, 5.74) is 1.80. The van der Waals surface area contributed by atoms with Gasteiger partial charge in [0, 0.05) is 18.0 Å². The lowest BCUT2D eigenvalue weighted by Gasteiger charge is -2.00. The zero-order chi connectivity index (χ0) is 10.6. The summed E-state index contributed by atoms with van der Waals surface area (Å²) in [7, 11) is 0. The summed E-state index contributed by atoms with van der Waals surface area (Å²) in [5, 5.41) is 4.07. The molecule has 0 fully saturated rings. The third-order valence-corrected chi connectivity index (χ3v) is 1.69. The fourth-order valence-electron chi connectivity index (χ4n) is 1.03. The fourth-order valence-corrected chi connectivity index (χ4v) is 1.03. The van der Waals surface area contributed by atoms with Crippen molar-refractivity contribution < 1.29 is 9.53 Å². The second kappa shape index (κ2) is 4.60. The molecule has 4 nitrogen and oxygen atoms in total. The number of hydrogen-bond acceptors (Lipinski definition) is 3. The number of aromatic nitrogens is 2. The van der Waals surface area contributed by atoms with Crippen molar-refractivity contribution in [2.75, 3.05) is 6.61 Å². The normalized spacial score (nSPS) is 11.5. The van der Waals surface area contributed by atoms with Gasteiger partial charge in [0.05, 0.1) is 12.8 Å². The number of ether oxygens (including phenoxy) is 1. The molecule has 0 atom stereocenters. The van der Waals surface area contributed by atoms with E-state index in [1.165, 1.54) is 6.08 Å². The van der Waals surface area contributed by atoms with Crippen LogP contribution in [0.2, 0.25) is 0 Å². The Kier molecular flexibility index (Phi) is 3.45. The van der Waals surface area contributed by atoms with Gasteiger partial charge in [0.15, 0.2) is 0 Å². The SMILES string of the molecule is CCOC(=O)/C=C(/C)n1cc(C)cn1. The third-order valence-electron chi connectivity index (χ3n) is 1.69. The quantitative estimate of drug-likeness (QED) is 0.542. The molecule has 0 aromatic carbocycles. The van der Waals surface area contributed by atoms with Crippen LogP contribution in [-0.2, 0) is 9.53 Å². The summed E-state index contributed by atoms with van der Waals surface area (Å²) < 4.78 is 6.43. The van der Waals surface area contributed by atoms with Gasteiger partial charge in [-0.25, -0.2) is 9.48 Å². The summed E-state index contributed by atoms with van der Waals surface area (Å²) in [4.78, 5) is 11.1. The van der Waals surface area contributed by atoms with Crippen molar-refractivity contribution in [2.24, 2.45) is 0 Å². The van der Waals surface area contributed by atoms with E-state index in [2.05, 4.69) is 5.10 Å². The van der Waals surface area contributed by atoms with E-state index in [0.717, 1.165) is 11.3 Å². The Hall–Kier alpha value is -1.58. The van der Waals surface area contributed by atoms with Gasteiger partial charge in [-0.1, -0.05) is 0 Å². The molecular formula is C10H14N2O2. The highest BCUT2D eigenvalue weighted by molar-refractivity contribution is 5.87. The molecule has 1 heterocycles. The minimum Gasteiger partial charge on any atom is -0.463 e. The van der Waals surface area contributed by atoms with E-state index < -0.39 is 0 Å². The fraction of sp³-hybridized carbons (Fsp3) is 0.400. The predicted molar refractivity (Wildman–Crippen MR) is 53.5 cm³/mol. The maximum absolute atomic E-state index is 11.1. The molecule has 1 aromatic rings. The lowest BCUT2D eigenvalue weighted by molar-refractivity contribution is -0.137. The van der Waals surface area contributed by atoms with Crippen molar-refractivity contribution >= 4 is 11.7 Å². The van der Waals surface area contributed by atoms with Crippen molar-refractivity contribution in [1.82, 2.24) is 9.78 Å². The Bertz CT molecular complexity index is 353. The van der Waals surface area contributed by atoms with E-state index in [9.17, 15) is 4.79 Å². The van der Waals surface area contributed by atoms with E-state index in [1.807, 2.05) is 20.0 Å². The molecule has 0 radical (unpaired) electrons. The Balaban J connectivity index is 2.74. The van der Waals surface area contributed by atoms with Crippen LogP contribution in [-0.4, -0.2) is 22.4 Å². The third kappa shape index (κ3) is 2.73. The highest BCUT2D eigenvalue weighted by atomic mass is 16.5. The number of esters is 1. The molecule has 0 amide bonds. The Labute approximate surface area is 83.2 Å². The van der Waals surface area contributed by atoms with Crippen molar-refractivity contribution in [1.29, 1.82) is 0 Å². The first-order valence-corrected chi connectivity index (χ1v) is 4.50. The van der Waals surface area contributed by atoms with Crippen molar-refractivity contribution in [2.45, 2.75) is 20.8 Å². The second-order valence-corrected chi connectivity index (χ2v) is 3.00. The average Bonchev–Trinajstić information content (AvgIpc) is 2.52. The lowest BCUT2D eigenvalue weighted by Crippen LogP contribution is -2.03. The minimum absolute atomic E-state index is 0.335. The molecule has 0 spiro atoms. The highest BCUT2D eigenvalue weighted by Crippen LogP contribution is 2.04. The van der Waals surface area contributed by atoms with Gasteiger partial charge in [0.25, 0.3) is 0 Å². The first-order chi connectivity index (χ1) is 6.63. The van der Waals surface area contributed by atoms with Crippen LogP contribution in [0.4, 0.5) is 0 Å². The van der Waals surface area contributed by atoms with Gasteiger partial charge in [-0.15, -0.1) is 0 Å². The Morgan fingerprint density at radius 2 is 2.43 bits per heavy atom. The average molecular weight is 194 g/mol. The molecule has 0 bridgehead atoms. The molecule has 0 saturated carbocycles. The van der Waals surface area contributed by atoms with Crippen molar-refractivity contribution in [3.05, 3.63) is 24.0 Å². The van der Waals surface area contributed by atoms with Crippen molar-refractivity contribution in [3.63, 3.8) is 0 Å². The monoisotopic (exact) mass is 194 g/mol. The Morgan fingerprint density at radius 3 is 2.93 bits per heavy atom. The minimum atomic E-state index is -0.335. The molecule has 0 aliphatic carbocycles. The number of carbonyl (C=O) groups is 1.